The maximum absolute atomic E-state index is 14.1. The first-order valence-corrected chi connectivity index (χ1v) is 15.6. The molecule has 5 rings (SSSR count). The van der Waals surface area contributed by atoms with Gasteiger partial charge in [-0.25, -0.2) is 0 Å². The number of rotatable bonds is 7. The largest absolute Gasteiger partial charge is 0.417 e. The third kappa shape index (κ3) is 7.46. The van der Waals surface area contributed by atoms with Crippen LogP contribution in [0.4, 0.5) is 26.3 Å². The van der Waals surface area contributed by atoms with E-state index >= 15 is 0 Å². The van der Waals surface area contributed by atoms with Crippen LogP contribution < -0.4 is 0 Å². The Morgan fingerprint density at radius 1 is 0.591 bits per heavy atom. The van der Waals surface area contributed by atoms with Crippen molar-refractivity contribution in [1.29, 1.82) is 0 Å². The molecule has 0 radical (unpaired) electrons. The lowest BCUT2D eigenvalue weighted by atomic mass is 9.99. The molecule has 0 fully saturated rings. The van der Waals surface area contributed by atoms with Gasteiger partial charge in [0.15, 0.2) is 20.5 Å². The SMILES string of the molecule is O=C(c1cccc(C(F)(F)F)c1)c1ccc(Sc2ccc([S+](c3cccc(Cl)c3)c3cccc(Cl)c3)cc2)c(C(F)(F)F)c1. The Morgan fingerprint density at radius 3 is 1.70 bits per heavy atom. The average Bonchev–Trinajstić information content (AvgIpc) is 2.97. The molecule has 0 aliphatic carbocycles. The van der Waals surface area contributed by atoms with E-state index in [4.69, 9.17) is 23.2 Å². The Morgan fingerprint density at radius 2 is 1.16 bits per heavy atom. The fourth-order valence-electron chi connectivity index (χ4n) is 4.35. The predicted octanol–water partition coefficient (Wildman–Crippen LogP) is 11.5. The van der Waals surface area contributed by atoms with Gasteiger partial charge in [0, 0.05) is 43.1 Å². The van der Waals surface area contributed by atoms with Gasteiger partial charge in [-0.15, -0.1) is 0 Å². The van der Waals surface area contributed by atoms with Gasteiger partial charge in [0.25, 0.3) is 0 Å². The Labute approximate surface area is 266 Å². The van der Waals surface area contributed by atoms with Gasteiger partial charge in [0.05, 0.1) is 22.0 Å². The summed E-state index contributed by atoms with van der Waals surface area (Å²) in [6.45, 7) is 0. The maximum atomic E-state index is 14.1. The first-order valence-electron chi connectivity index (χ1n) is 12.8. The number of carbonyl (C=O) groups excluding carboxylic acids is 1. The minimum Gasteiger partial charge on any atom is -0.289 e. The van der Waals surface area contributed by atoms with Gasteiger partial charge in [-0.05, 0) is 78.9 Å². The van der Waals surface area contributed by atoms with E-state index in [1.54, 1.807) is 24.3 Å². The number of benzene rings is 5. The molecule has 5 aromatic carbocycles. The third-order valence-electron chi connectivity index (χ3n) is 6.35. The molecule has 0 spiro atoms. The van der Waals surface area contributed by atoms with E-state index in [0.717, 1.165) is 50.7 Å². The van der Waals surface area contributed by atoms with Crippen molar-refractivity contribution in [3.8, 4) is 0 Å². The van der Waals surface area contributed by atoms with Crippen LogP contribution in [-0.4, -0.2) is 5.78 Å². The molecule has 44 heavy (non-hydrogen) atoms. The van der Waals surface area contributed by atoms with E-state index in [-0.39, 0.29) is 16.0 Å². The number of halogens is 8. The normalized spacial score (nSPS) is 12.0. The zero-order chi connectivity index (χ0) is 31.6. The Kier molecular flexibility index (Phi) is 9.41. The lowest BCUT2D eigenvalue weighted by molar-refractivity contribution is -0.140. The summed E-state index contributed by atoms with van der Waals surface area (Å²) >= 11 is 13.4. The first kappa shape index (κ1) is 32.0. The number of hydrogen-bond acceptors (Lipinski definition) is 2. The summed E-state index contributed by atoms with van der Waals surface area (Å²) in [4.78, 5) is 16.0. The standard InChI is InChI=1S/C33H19Cl2F6OS2/c34-23-6-2-8-27(18-23)44(28-9-3-7-24(35)19-28)26-13-11-25(12-14-26)43-30-15-10-21(17-29(30)33(39,40)41)31(42)20-4-1-5-22(16-20)32(36,37)38/h1-19H/q+1. The molecule has 11 heteroatoms. The highest BCUT2D eigenvalue weighted by atomic mass is 35.5. The Bertz CT molecular complexity index is 1780. The van der Waals surface area contributed by atoms with Crippen molar-refractivity contribution in [2.45, 2.75) is 36.8 Å². The minimum atomic E-state index is -4.82. The molecule has 0 atom stereocenters. The lowest BCUT2D eigenvalue weighted by Crippen LogP contribution is -2.11. The minimum absolute atomic E-state index is 0.158. The van der Waals surface area contributed by atoms with Crippen LogP contribution in [0.5, 0.6) is 0 Å². The summed E-state index contributed by atoms with van der Waals surface area (Å²) in [5.74, 6) is -0.948. The van der Waals surface area contributed by atoms with Gasteiger partial charge in [0.2, 0.25) is 0 Å². The predicted molar refractivity (Wildman–Crippen MR) is 162 cm³/mol. The van der Waals surface area contributed by atoms with Crippen LogP contribution >= 0.6 is 35.0 Å². The topological polar surface area (TPSA) is 17.1 Å². The van der Waals surface area contributed by atoms with Gasteiger partial charge in [0.1, 0.15) is 0 Å². The number of alkyl halides is 6. The molecule has 0 bridgehead atoms. The van der Waals surface area contributed by atoms with Crippen molar-refractivity contribution in [3.05, 3.63) is 148 Å². The van der Waals surface area contributed by atoms with E-state index in [0.29, 0.717) is 27.1 Å². The van der Waals surface area contributed by atoms with Crippen LogP contribution in [0.15, 0.2) is 140 Å². The second-order valence-electron chi connectivity index (χ2n) is 9.41. The van der Waals surface area contributed by atoms with Crippen molar-refractivity contribution in [3.63, 3.8) is 0 Å². The van der Waals surface area contributed by atoms with Gasteiger partial charge >= 0.3 is 12.4 Å². The van der Waals surface area contributed by atoms with E-state index < -0.39 is 40.2 Å². The molecule has 5 aromatic rings. The molecule has 0 unspecified atom stereocenters. The van der Waals surface area contributed by atoms with E-state index in [1.807, 2.05) is 48.5 Å². The third-order valence-corrected chi connectivity index (χ3v) is 10.1. The van der Waals surface area contributed by atoms with E-state index in [1.165, 1.54) is 6.07 Å². The van der Waals surface area contributed by atoms with Crippen molar-refractivity contribution >= 4 is 51.6 Å². The smallest absolute Gasteiger partial charge is 0.289 e. The van der Waals surface area contributed by atoms with E-state index in [2.05, 4.69) is 0 Å². The second-order valence-corrected chi connectivity index (χ2v) is 13.4. The molecule has 0 heterocycles. The molecule has 1 nitrogen and oxygen atoms in total. The number of hydrogen-bond donors (Lipinski definition) is 0. The summed E-state index contributed by atoms with van der Waals surface area (Å²) in [6, 6.07) is 28.5. The van der Waals surface area contributed by atoms with Crippen molar-refractivity contribution in [1.82, 2.24) is 0 Å². The van der Waals surface area contributed by atoms with Crippen LogP contribution in [-0.2, 0) is 23.2 Å². The fourth-order valence-corrected chi connectivity index (χ4v) is 7.95. The summed E-state index contributed by atoms with van der Waals surface area (Å²) in [6.07, 6.45) is -9.52. The molecule has 0 aliphatic heterocycles. The molecule has 0 amide bonds. The molecule has 0 N–H and O–H groups in total. The van der Waals surface area contributed by atoms with Crippen molar-refractivity contribution < 1.29 is 31.1 Å². The Balaban J connectivity index is 1.46. The highest BCUT2D eigenvalue weighted by Crippen LogP contribution is 2.41. The quantitative estimate of drug-likeness (QED) is 0.0967. The molecular weight excluding hydrogens is 661 g/mol. The molecule has 0 aromatic heterocycles. The van der Waals surface area contributed by atoms with Crippen LogP contribution in [0.25, 0.3) is 0 Å². The van der Waals surface area contributed by atoms with Crippen molar-refractivity contribution in [2.24, 2.45) is 0 Å². The zero-order valence-electron chi connectivity index (χ0n) is 22.2. The van der Waals surface area contributed by atoms with E-state index in [9.17, 15) is 31.1 Å². The van der Waals surface area contributed by atoms with Gasteiger partial charge < -0.3 is 0 Å². The van der Waals surface area contributed by atoms with Crippen molar-refractivity contribution in [2.75, 3.05) is 0 Å². The number of ketones is 1. The fraction of sp³-hybridized carbons (Fsp3) is 0.0606. The monoisotopic (exact) mass is 679 g/mol. The maximum Gasteiger partial charge on any atom is 0.417 e. The second kappa shape index (κ2) is 12.9. The zero-order valence-corrected chi connectivity index (χ0v) is 25.4. The molecule has 0 saturated carbocycles. The number of carbonyl (C=O) groups is 1. The Hall–Kier alpha value is -3.37. The summed E-state index contributed by atoms with van der Waals surface area (Å²) in [5.41, 5.74) is -2.87. The average molecular weight is 681 g/mol. The van der Waals surface area contributed by atoms with Crippen LogP contribution in [0.3, 0.4) is 0 Å². The molecule has 224 valence electrons. The van der Waals surface area contributed by atoms with Gasteiger partial charge in [-0.1, -0.05) is 59.2 Å². The van der Waals surface area contributed by atoms with Crippen LogP contribution in [0.1, 0.15) is 27.0 Å². The lowest BCUT2D eigenvalue weighted by Gasteiger charge is -2.15. The van der Waals surface area contributed by atoms with Crippen LogP contribution in [0, 0.1) is 0 Å². The first-order chi connectivity index (χ1) is 20.8. The molecule has 0 saturated heterocycles. The molecular formula is C33H19Cl2F6OS2+. The summed E-state index contributed by atoms with van der Waals surface area (Å²) in [7, 11) is -0.609. The highest BCUT2D eigenvalue weighted by molar-refractivity contribution is 7.99. The highest BCUT2D eigenvalue weighted by Gasteiger charge is 2.35. The summed E-state index contributed by atoms with van der Waals surface area (Å²) in [5, 5.41) is 1.12. The van der Waals surface area contributed by atoms with Crippen LogP contribution in [0.2, 0.25) is 10.0 Å². The molecule has 0 aliphatic rings. The summed E-state index contributed by atoms with van der Waals surface area (Å²) < 4.78 is 81.7. The van der Waals surface area contributed by atoms with Gasteiger partial charge in [-0.2, -0.15) is 26.3 Å². The van der Waals surface area contributed by atoms with Gasteiger partial charge in [-0.3, -0.25) is 4.79 Å².